The predicted octanol–water partition coefficient (Wildman–Crippen LogP) is 3.98. The van der Waals surface area contributed by atoms with Gasteiger partial charge in [-0.3, -0.25) is 0 Å². The summed E-state index contributed by atoms with van der Waals surface area (Å²) in [6.45, 7) is 0. The summed E-state index contributed by atoms with van der Waals surface area (Å²) in [7, 11) is 1.48. The maximum atomic E-state index is 12.7. The molecule has 3 heterocycles. The molecule has 4 aromatic rings. The van der Waals surface area contributed by atoms with Gasteiger partial charge in [0.25, 0.3) is 0 Å². The molecule has 30 heavy (non-hydrogen) atoms. The number of hydrogen-bond acceptors (Lipinski definition) is 6. The molecule has 7 nitrogen and oxygen atoms in total. The van der Waals surface area contributed by atoms with Crippen LogP contribution < -0.4 is 10.1 Å². The highest BCUT2D eigenvalue weighted by molar-refractivity contribution is 5.56. The Kier molecular flexibility index (Phi) is 5.00. The summed E-state index contributed by atoms with van der Waals surface area (Å²) in [6.07, 6.45) is -3.90. The minimum absolute atomic E-state index is 0.182. The average Bonchev–Trinajstić information content (AvgIpc) is 3.15. The highest BCUT2D eigenvalue weighted by Gasteiger charge is 2.30. The molecule has 0 saturated carbocycles. The number of aromatic nitrogens is 4. The number of benzene rings is 1. The topological polar surface area (TPSA) is 84.6 Å². The summed E-state index contributed by atoms with van der Waals surface area (Å²) in [6, 6.07) is 12.9. The normalized spacial score (nSPS) is 12.7. The third kappa shape index (κ3) is 3.90. The first-order chi connectivity index (χ1) is 14.3. The molecule has 10 heteroatoms. The Morgan fingerprint density at radius 3 is 2.57 bits per heavy atom. The molecule has 1 atom stereocenters. The summed E-state index contributed by atoms with van der Waals surface area (Å²) in [5.41, 5.74) is 1.13. The number of methoxy groups -OCH3 is 1. The molecule has 0 amide bonds. The zero-order valence-electron chi connectivity index (χ0n) is 15.6. The molecule has 0 bridgehead atoms. The number of nitrogens with one attached hydrogen (secondary N) is 1. The number of nitrogens with zero attached hydrogens (tertiary/aromatic N) is 4. The first-order valence-electron chi connectivity index (χ1n) is 8.83. The molecule has 0 saturated heterocycles. The Balaban J connectivity index is 1.63. The Bertz CT molecular complexity index is 1180. The summed E-state index contributed by atoms with van der Waals surface area (Å²) in [5, 5.41) is 18.0. The molecule has 3 aromatic heterocycles. The van der Waals surface area contributed by atoms with E-state index in [4.69, 9.17) is 4.74 Å². The van der Waals surface area contributed by atoms with E-state index < -0.39 is 17.8 Å². The van der Waals surface area contributed by atoms with E-state index in [2.05, 4.69) is 20.4 Å². The fraction of sp³-hybridized carbons (Fsp3) is 0.150. The second kappa shape index (κ2) is 7.64. The molecule has 0 fully saturated rings. The first-order valence-corrected chi connectivity index (χ1v) is 8.83. The quantitative estimate of drug-likeness (QED) is 0.513. The summed E-state index contributed by atoms with van der Waals surface area (Å²) >= 11 is 0. The highest BCUT2D eigenvalue weighted by Crippen LogP contribution is 2.30. The molecular formula is C20H16F3N5O2. The zero-order chi connectivity index (χ0) is 21.3. The van der Waals surface area contributed by atoms with E-state index in [0.717, 1.165) is 12.1 Å². The van der Waals surface area contributed by atoms with Crippen LogP contribution in [0, 0.1) is 0 Å². The van der Waals surface area contributed by atoms with Gasteiger partial charge in [0.1, 0.15) is 6.10 Å². The van der Waals surface area contributed by atoms with Crippen molar-refractivity contribution in [2.75, 3.05) is 12.4 Å². The molecule has 0 aliphatic heterocycles. The minimum atomic E-state index is -4.40. The highest BCUT2D eigenvalue weighted by atomic mass is 19.4. The van der Waals surface area contributed by atoms with Gasteiger partial charge in [-0.2, -0.15) is 18.2 Å². The van der Waals surface area contributed by atoms with E-state index in [1.54, 1.807) is 30.3 Å². The molecule has 0 aliphatic rings. The molecule has 0 radical (unpaired) electrons. The summed E-state index contributed by atoms with van der Waals surface area (Å²) in [5.74, 6) is 0.545. The van der Waals surface area contributed by atoms with Gasteiger partial charge in [-0.1, -0.05) is 6.07 Å². The van der Waals surface area contributed by atoms with Crippen LogP contribution in [0.3, 0.4) is 0 Å². The number of ether oxygens (including phenoxy) is 1. The van der Waals surface area contributed by atoms with Crippen LogP contribution in [0.25, 0.3) is 5.65 Å². The van der Waals surface area contributed by atoms with E-state index in [9.17, 15) is 18.3 Å². The SMILES string of the molecule is COc1cc(C(O)c2cccc3nc(Nc4ccc(C(F)(F)F)cc4)nn23)ccn1. The first kappa shape index (κ1) is 19.6. The third-order valence-electron chi connectivity index (χ3n) is 4.42. The van der Waals surface area contributed by atoms with Gasteiger partial charge in [-0.15, -0.1) is 5.10 Å². The van der Waals surface area contributed by atoms with Gasteiger partial charge in [-0.05, 0) is 48.0 Å². The van der Waals surface area contributed by atoms with E-state index in [1.807, 2.05) is 0 Å². The standard InChI is InChI=1S/C20H16F3N5O2/c1-30-17-11-12(9-10-24-17)18(29)15-3-2-4-16-26-19(27-28(15)16)25-14-7-5-13(6-8-14)20(21,22)23/h2-11,18,29H,1H3,(H,25,27). The van der Waals surface area contributed by atoms with E-state index in [1.165, 1.54) is 30.0 Å². The molecular weight excluding hydrogens is 399 g/mol. The number of halogens is 3. The maximum Gasteiger partial charge on any atom is 0.416 e. The number of fused-ring (bicyclic) bond motifs is 1. The fourth-order valence-electron chi connectivity index (χ4n) is 2.93. The van der Waals surface area contributed by atoms with Crippen molar-refractivity contribution >= 4 is 17.3 Å². The fourth-order valence-corrected chi connectivity index (χ4v) is 2.93. The smallest absolute Gasteiger partial charge is 0.416 e. The number of aliphatic hydroxyl groups is 1. The van der Waals surface area contributed by atoms with Crippen LogP contribution in [0.2, 0.25) is 0 Å². The number of aliphatic hydroxyl groups excluding tert-OH is 1. The number of alkyl halides is 3. The Hall–Kier alpha value is -3.66. The summed E-state index contributed by atoms with van der Waals surface area (Å²) in [4.78, 5) is 8.34. The lowest BCUT2D eigenvalue weighted by molar-refractivity contribution is -0.137. The molecule has 1 aromatic carbocycles. The van der Waals surface area contributed by atoms with Crippen molar-refractivity contribution in [3.8, 4) is 5.88 Å². The molecule has 0 spiro atoms. The minimum Gasteiger partial charge on any atom is -0.481 e. The van der Waals surface area contributed by atoms with Gasteiger partial charge in [-0.25, -0.2) is 9.50 Å². The van der Waals surface area contributed by atoms with Crippen LogP contribution in [0.1, 0.15) is 22.9 Å². The van der Waals surface area contributed by atoms with Crippen LogP contribution >= 0.6 is 0 Å². The average molecular weight is 415 g/mol. The monoisotopic (exact) mass is 415 g/mol. The number of rotatable bonds is 5. The van der Waals surface area contributed by atoms with Crippen molar-refractivity contribution in [1.82, 2.24) is 19.6 Å². The molecule has 4 rings (SSSR count). The second-order valence-electron chi connectivity index (χ2n) is 6.39. The Morgan fingerprint density at radius 2 is 1.87 bits per heavy atom. The van der Waals surface area contributed by atoms with Crippen LogP contribution in [0.5, 0.6) is 5.88 Å². The van der Waals surface area contributed by atoms with Crippen molar-refractivity contribution in [1.29, 1.82) is 0 Å². The van der Waals surface area contributed by atoms with Crippen molar-refractivity contribution in [3.63, 3.8) is 0 Å². The van der Waals surface area contributed by atoms with Gasteiger partial charge in [0.05, 0.1) is 18.4 Å². The molecule has 0 aliphatic carbocycles. The Labute approximate surface area is 168 Å². The van der Waals surface area contributed by atoms with Gasteiger partial charge in [0.2, 0.25) is 11.8 Å². The van der Waals surface area contributed by atoms with Gasteiger partial charge in [0.15, 0.2) is 5.65 Å². The lowest BCUT2D eigenvalue weighted by Crippen LogP contribution is -2.07. The molecule has 154 valence electrons. The van der Waals surface area contributed by atoms with Gasteiger partial charge in [0, 0.05) is 18.0 Å². The van der Waals surface area contributed by atoms with E-state index >= 15 is 0 Å². The van der Waals surface area contributed by atoms with Crippen molar-refractivity contribution in [2.24, 2.45) is 0 Å². The van der Waals surface area contributed by atoms with E-state index in [0.29, 0.717) is 28.5 Å². The second-order valence-corrected chi connectivity index (χ2v) is 6.39. The number of pyridine rings is 2. The van der Waals surface area contributed by atoms with Crippen LogP contribution in [0.15, 0.2) is 60.8 Å². The van der Waals surface area contributed by atoms with Crippen LogP contribution in [-0.4, -0.2) is 31.8 Å². The third-order valence-corrected chi connectivity index (χ3v) is 4.42. The van der Waals surface area contributed by atoms with Gasteiger partial charge >= 0.3 is 6.18 Å². The maximum absolute atomic E-state index is 12.7. The molecule has 2 N–H and O–H groups in total. The van der Waals surface area contributed by atoms with Crippen molar-refractivity contribution in [2.45, 2.75) is 12.3 Å². The van der Waals surface area contributed by atoms with Crippen molar-refractivity contribution in [3.05, 3.63) is 77.6 Å². The zero-order valence-corrected chi connectivity index (χ0v) is 15.6. The van der Waals surface area contributed by atoms with Gasteiger partial charge < -0.3 is 15.2 Å². The van der Waals surface area contributed by atoms with Crippen molar-refractivity contribution < 1.29 is 23.0 Å². The van der Waals surface area contributed by atoms with Crippen LogP contribution in [-0.2, 0) is 6.18 Å². The largest absolute Gasteiger partial charge is 0.481 e. The van der Waals surface area contributed by atoms with E-state index in [-0.39, 0.29) is 5.95 Å². The van der Waals surface area contributed by atoms with Crippen LogP contribution in [0.4, 0.5) is 24.8 Å². The summed E-state index contributed by atoms with van der Waals surface area (Å²) < 4.78 is 44.7. The number of anilines is 2. The predicted molar refractivity (Wildman–Crippen MR) is 103 cm³/mol. The Morgan fingerprint density at radius 1 is 1.10 bits per heavy atom. The molecule has 1 unspecified atom stereocenters. The number of hydrogen-bond donors (Lipinski definition) is 2. The lowest BCUT2D eigenvalue weighted by Gasteiger charge is -2.13. The lowest BCUT2D eigenvalue weighted by atomic mass is 10.1.